The molecule has 0 bridgehead atoms. The molecule has 0 saturated heterocycles. The molecule has 4 nitrogen and oxygen atoms in total. The number of ether oxygens (including phenoxy) is 1. The molecule has 1 aliphatic heterocycles. The zero-order valence-corrected chi connectivity index (χ0v) is 17.4. The van der Waals surface area contributed by atoms with E-state index in [-0.39, 0.29) is 0 Å². The fourth-order valence-electron chi connectivity index (χ4n) is 5.42. The highest BCUT2D eigenvalue weighted by atomic mass is 16.5. The molecule has 1 aliphatic carbocycles. The summed E-state index contributed by atoms with van der Waals surface area (Å²) in [5.74, 6) is 0.871. The Balaban J connectivity index is 1.35. The Hall–Kier alpha value is -2.30. The molecular formula is C25H31N2O2+. The number of aryl methyl sites for hydroxylation is 3. The summed E-state index contributed by atoms with van der Waals surface area (Å²) in [6.07, 6.45) is 3.19. The lowest BCUT2D eigenvalue weighted by Crippen LogP contribution is -3.14. The van der Waals surface area contributed by atoms with E-state index < -0.39 is 6.10 Å². The Morgan fingerprint density at radius 1 is 1.21 bits per heavy atom. The summed E-state index contributed by atoms with van der Waals surface area (Å²) in [5, 5.41) is 12.2. The van der Waals surface area contributed by atoms with Crippen molar-refractivity contribution < 1.29 is 14.7 Å². The monoisotopic (exact) mass is 391 g/mol. The predicted molar refractivity (Wildman–Crippen MR) is 116 cm³/mol. The van der Waals surface area contributed by atoms with Crippen LogP contribution in [-0.4, -0.2) is 35.5 Å². The highest BCUT2D eigenvalue weighted by molar-refractivity contribution is 5.86. The van der Waals surface area contributed by atoms with E-state index in [4.69, 9.17) is 4.74 Å². The molecule has 0 radical (unpaired) electrons. The molecule has 3 atom stereocenters. The van der Waals surface area contributed by atoms with Crippen LogP contribution in [0.15, 0.2) is 42.5 Å². The number of benzene rings is 2. The third-order valence-electron chi connectivity index (χ3n) is 6.79. The van der Waals surface area contributed by atoms with Gasteiger partial charge >= 0.3 is 0 Å². The average Bonchev–Trinajstić information content (AvgIpc) is 3.04. The van der Waals surface area contributed by atoms with Crippen LogP contribution in [0.3, 0.4) is 0 Å². The van der Waals surface area contributed by atoms with E-state index >= 15 is 0 Å². The number of aromatic nitrogens is 1. The topological polar surface area (TPSA) is 38.8 Å². The number of para-hydroxylation sites is 1. The molecule has 0 saturated carbocycles. The molecule has 0 spiro atoms. The lowest BCUT2D eigenvalue weighted by Gasteiger charge is -2.37. The van der Waals surface area contributed by atoms with Crippen molar-refractivity contribution >= 4 is 10.9 Å². The second-order valence-electron chi connectivity index (χ2n) is 8.82. The van der Waals surface area contributed by atoms with Gasteiger partial charge in [0.1, 0.15) is 31.0 Å². The van der Waals surface area contributed by atoms with Crippen molar-refractivity contribution in [1.82, 2.24) is 4.57 Å². The second kappa shape index (κ2) is 7.51. The molecule has 2 N–H and O–H groups in total. The maximum atomic E-state index is 10.7. The van der Waals surface area contributed by atoms with Crippen LogP contribution in [0, 0.1) is 13.8 Å². The minimum Gasteiger partial charge on any atom is -0.490 e. The zero-order chi connectivity index (χ0) is 20.0. The first-order valence-corrected chi connectivity index (χ1v) is 10.9. The van der Waals surface area contributed by atoms with Gasteiger partial charge in [-0.25, -0.2) is 0 Å². The molecule has 29 heavy (non-hydrogen) atoms. The van der Waals surface area contributed by atoms with Gasteiger partial charge in [-0.2, -0.15) is 0 Å². The molecular weight excluding hydrogens is 360 g/mol. The van der Waals surface area contributed by atoms with Crippen molar-refractivity contribution in [2.75, 3.05) is 19.7 Å². The molecule has 152 valence electrons. The van der Waals surface area contributed by atoms with Crippen LogP contribution in [0.5, 0.6) is 5.75 Å². The highest BCUT2D eigenvalue weighted by Gasteiger charge is 2.38. The van der Waals surface area contributed by atoms with Gasteiger partial charge in [0.15, 0.2) is 0 Å². The summed E-state index contributed by atoms with van der Waals surface area (Å²) in [7, 11) is 0. The number of nitrogens with one attached hydrogen (secondary N) is 1. The summed E-state index contributed by atoms with van der Waals surface area (Å²) in [6, 6.07) is 15.4. The van der Waals surface area contributed by atoms with E-state index in [1.165, 1.54) is 46.3 Å². The molecule has 4 heteroatoms. The maximum Gasteiger partial charge on any atom is 0.137 e. The van der Waals surface area contributed by atoms with Gasteiger partial charge in [-0.15, -0.1) is 0 Å². The summed E-state index contributed by atoms with van der Waals surface area (Å²) in [5.41, 5.74) is 6.94. The Labute approximate surface area is 172 Å². The van der Waals surface area contributed by atoms with Crippen LogP contribution >= 0.6 is 0 Å². The lowest BCUT2D eigenvalue weighted by atomic mass is 9.89. The Kier molecular flexibility index (Phi) is 4.84. The van der Waals surface area contributed by atoms with Gasteiger partial charge in [-0.05, 0) is 56.0 Å². The highest BCUT2D eigenvalue weighted by Crippen LogP contribution is 2.37. The second-order valence-corrected chi connectivity index (χ2v) is 8.82. The standard InChI is InChI=1S/C25H30N2O2/c1-17-10-11-22-21(14-17)20-7-5-8-23-25(20)27(22)13-12-26(23)15-19(28)16-29-24-9-4-3-6-18(24)2/h3-4,6,9-11,14,19,23,28H,5,7-8,12-13,15-16H2,1-2H3/p+1/t19-,23-/m0/s1. The molecule has 0 fully saturated rings. The number of fused-ring (bicyclic) bond motifs is 3. The molecule has 2 aromatic carbocycles. The van der Waals surface area contributed by atoms with Gasteiger partial charge in [-0.3, -0.25) is 0 Å². The van der Waals surface area contributed by atoms with Crippen molar-refractivity contribution in [3.63, 3.8) is 0 Å². The molecule has 0 amide bonds. The third kappa shape index (κ3) is 3.34. The van der Waals surface area contributed by atoms with Gasteiger partial charge < -0.3 is 19.3 Å². The van der Waals surface area contributed by atoms with Gasteiger partial charge in [0.2, 0.25) is 0 Å². The Bertz CT molecular complexity index is 1040. The van der Waals surface area contributed by atoms with E-state index in [0.717, 1.165) is 30.9 Å². The first kappa shape index (κ1) is 18.7. The van der Waals surface area contributed by atoms with Crippen molar-refractivity contribution in [3.8, 4) is 5.75 Å². The summed E-state index contributed by atoms with van der Waals surface area (Å²) >= 11 is 0. The van der Waals surface area contributed by atoms with Crippen LogP contribution in [0.2, 0.25) is 0 Å². The smallest absolute Gasteiger partial charge is 0.137 e. The molecule has 3 aromatic rings. The van der Waals surface area contributed by atoms with E-state index in [1.54, 1.807) is 5.56 Å². The lowest BCUT2D eigenvalue weighted by molar-refractivity contribution is -0.939. The van der Waals surface area contributed by atoms with Crippen molar-refractivity contribution in [3.05, 3.63) is 64.8 Å². The predicted octanol–water partition coefficient (Wildman–Crippen LogP) is 2.97. The molecule has 1 unspecified atom stereocenters. The normalized spacial score (nSPS) is 21.8. The van der Waals surface area contributed by atoms with E-state index in [2.05, 4.69) is 29.7 Å². The minimum atomic E-state index is -0.451. The van der Waals surface area contributed by atoms with E-state index in [1.807, 2.05) is 31.2 Å². The number of nitrogens with zero attached hydrogens (tertiary/aromatic N) is 1. The number of aliphatic hydroxyl groups is 1. The number of rotatable bonds is 5. The molecule has 1 aromatic heterocycles. The largest absolute Gasteiger partial charge is 0.490 e. The Morgan fingerprint density at radius 3 is 2.93 bits per heavy atom. The number of hydrogen-bond donors (Lipinski definition) is 2. The third-order valence-corrected chi connectivity index (χ3v) is 6.79. The van der Waals surface area contributed by atoms with Crippen LogP contribution in [0.4, 0.5) is 0 Å². The minimum absolute atomic E-state index is 0.357. The van der Waals surface area contributed by atoms with Crippen LogP contribution in [0.25, 0.3) is 10.9 Å². The number of aliphatic hydroxyl groups excluding tert-OH is 1. The average molecular weight is 392 g/mol. The summed E-state index contributed by atoms with van der Waals surface area (Å²) in [6.45, 7) is 7.43. The van der Waals surface area contributed by atoms with Crippen molar-refractivity contribution in [1.29, 1.82) is 0 Å². The van der Waals surface area contributed by atoms with Gasteiger partial charge in [0, 0.05) is 17.3 Å². The number of hydrogen-bond acceptors (Lipinski definition) is 2. The maximum absolute atomic E-state index is 10.7. The summed E-state index contributed by atoms with van der Waals surface area (Å²) in [4.78, 5) is 1.51. The van der Waals surface area contributed by atoms with Crippen LogP contribution in [-0.2, 0) is 13.0 Å². The van der Waals surface area contributed by atoms with Crippen molar-refractivity contribution in [2.45, 2.75) is 51.8 Å². The first-order chi connectivity index (χ1) is 14.1. The van der Waals surface area contributed by atoms with E-state index in [0.29, 0.717) is 12.6 Å². The van der Waals surface area contributed by atoms with E-state index in [9.17, 15) is 5.11 Å². The molecule has 5 rings (SSSR count). The summed E-state index contributed by atoms with van der Waals surface area (Å²) < 4.78 is 8.47. The molecule has 2 heterocycles. The fraction of sp³-hybridized carbons (Fsp3) is 0.440. The van der Waals surface area contributed by atoms with Crippen molar-refractivity contribution in [2.24, 2.45) is 0 Å². The fourth-order valence-corrected chi connectivity index (χ4v) is 5.42. The van der Waals surface area contributed by atoms with Crippen LogP contribution in [0.1, 0.15) is 41.3 Å². The SMILES string of the molecule is Cc1ccc2c(c1)c1c3n2CC[NH+](C[C@H](O)COc2ccccc2C)[C@H]3CCC1. The van der Waals surface area contributed by atoms with Gasteiger partial charge in [0.25, 0.3) is 0 Å². The first-order valence-electron chi connectivity index (χ1n) is 10.9. The zero-order valence-electron chi connectivity index (χ0n) is 17.4. The Morgan fingerprint density at radius 2 is 2.07 bits per heavy atom. The van der Waals surface area contributed by atoms with Gasteiger partial charge in [-0.1, -0.05) is 29.8 Å². The quantitative estimate of drug-likeness (QED) is 0.702. The molecule has 2 aliphatic rings. The van der Waals surface area contributed by atoms with Crippen LogP contribution < -0.4 is 9.64 Å². The van der Waals surface area contributed by atoms with Gasteiger partial charge in [0.05, 0.1) is 18.8 Å². The number of quaternary nitrogens is 1.